The first-order valence-corrected chi connectivity index (χ1v) is 6.64. The molecule has 0 saturated heterocycles. The first-order valence-electron chi connectivity index (χ1n) is 6.26. The molecule has 0 unspecified atom stereocenters. The Balaban J connectivity index is 2.05. The Hall–Kier alpha value is -0.730. The number of benzene rings is 1. The summed E-state index contributed by atoms with van der Waals surface area (Å²) in [6, 6.07) is 5.77. The molecule has 1 aliphatic rings. The molecule has 1 saturated carbocycles. The molecule has 0 atom stereocenters. The summed E-state index contributed by atoms with van der Waals surface area (Å²) in [6.07, 6.45) is 5.10. The van der Waals surface area contributed by atoms with Gasteiger partial charge in [-0.15, -0.1) is 0 Å². The number of hydrogen-bond acceptors (Lipinski definition) is 2. The summed E-state index contributed by atoms with van der Waals surface area (Å²) in [5.41, 5.74) is 1.49. The fraction of sp³-hybridized carbons (Fsp3) is 0.571. The van der Waals surface area contributed by atoms with Gasteiger partial charge in [0.25, 0.3) is 0 Å². The van der Waals surface area contributed by atoms with Crippen LogP contribution in [0.5, 0.6) is 5.75 Å². The summed E-state index contributed by atoms with van der Waals surface area (Å²) in [5.74, 6) is 0.910. The first kappa shape index (κ1) is 12.7. The lowest BCUT2D eigenvalue weighted by Gasteiger charge is -2.42. The largest absolute Gasteiger partial charge is 0.496 e. The molecule has 2 rings (SSSR count). The zero-order valence-electron chi connectivity index (χ0n) is 10.6. The van der Waals surface area contributed by atoms with Crippen molar-refractivity contribution in [3.63, 3.8) is 0 Å². The van der Waals surface area contributed by atoms with Gasteiger partial charge >= 0.3 is 0 Å². The molecule has 17 heavy (non-hydrogen) atoms. The van der Waals surface area contributed by atoms with Crippen molar-refractivity contribution in [2.24, 2.45) is 0 Å². The maximum atomic E-state index is 6.02. The van der Waals surface area contributed by atoms with Crippen LogP contribution < -0.4 is 10.1 Å². The van der Waals surface area contributed by atoms with Crippen molar-refractivity contribution in [3.05, 3.63) is 28.8 Å². The second-order valence-corrected chi connectivity index (χ2v) is 5.23. The molecule has 0 spiro atoms. The molecular weight excluding hydrogens is 234 g/mol. The minimum absolute atomic E-state index is 0.354. The molecule has 1 aliphatic carbocycles. The van der Waals surface area contributed by atoms with Crippen LogP contribution in [-0.2, 0) is 6.54 Å². The van der Waals surface area contributed by atoms with Crippen molar-refractivity contribution in [2.45, 2.75) is 44.7 Å². The summed E-state index contributed by atoms with van der Waals surface area (Å²) >= 11 is 6.02. The summed E-state index contributed by atoms with van der Waals surface area (Å²) in [7, 11) is 1.70. The SMILES string of the molecule is CCC1(NCc2cc(Cl)ccc2OC)CCC1. The Morgan fingerprint density at radius 3 is 2.71 bits per heavy atom. The summed E-state index contributed by atoms with van der Waals surface area (Å²) in [6.45, 7) is 3.08. The van der Waals surface area contributed by atoms with Gasteiger partial charge in [-0.2, -0.15) is 0 Å². The van der Waals surface area contributed by atoms with E-state index < -0.39 is 0 Å². The molecule has 0 bridgehead atoms. The van der Waals surface area contributed by atoms with E-state index in [-0.39, 0.29) is 0 Å². The Kier molecular flexibility index (Phi) is 3.95. The Labute approximate surface area is 108 Å². The van der Waals surface area contributed by atoms with Crippen molar-refractivity contribution in [1.29, 1.82) is 0 Å². The molecule has 0 amide bonds. The number of rotatable bonds is 5. The van der Waals surface area contributed by atoms with Crippen LogP contribution in [0.4, 0.5) is 0 Å². The van der Waals surface area contributed by atoms with Crippen LogP contribution in [0.2, 0.25) is 5.02 Å². The third kappa shape index (κ3) is 2.75. The molecule has 1 fully saturated rings. The number of nitrogens with one attached hydrogen (secondary N) is 1. The van der Waals surface area contributed by atoms with E-state index in [0.717, 1.165) is 22.9 Å². The second kappa shape index (κ2) is 5.28. The smallest absolute Gasteiger partial charge is 0.123 e. The molecule has 2 nitrogen and oxygen atoms in total. The minimum Gasteiger partial charge on any atom is -0.496 e. The van der Waals surface area contributed by atoms with Gasteiger partial charge in [0.05, 0.1) is 7.11 Å². The van der Waals surface area contributed by atoms with Gasteiger partial charge in [0.2, 0.25) is 0 Å². The molecule has 0 aromatic heterocycles. The maximum absolute atomic E-state index is 6.02. The van der Waals surface area contributed by atoms with Crippen LogP contribution in [0.3, 0.4) is 0 Å². The Morgan fingerprint density at radius 2 is 2.18 bits per heavy atom. The maximum Gasteiger partial charge on any atom is 0.123 e. The zero-order chi connectivity index (χ0) is 12.3. The highest BCUT2D eigenvalue weighted by Gasteiger charge is 2.34. The van der Waals surface area contributed by atoms with E-state index in [1.54, 1.807) is 7.11 Å². The normalized spacial score (nSPS) is 17.6. The number of methoxy groups -OCH3 is 1. The minimum atomic E-state index is 0.354. The predicted molar refractivity (Wildman–Crippen MR) is 71.7 cm³/mol. The summed E-state index contributed by atoms with van der Waals surface area (Å²) in [4.78, 5) is 0. The van der Waals surface area contributed by atoms with Crippen molar-refractivity contribution < 1.29 is 4.74 Å². The van der Waals surface area contributed by atoms with Gasteiger partial charge in [-0.1, -0.05) is 18.5 Å². The van der Waals surface area contributed by atoms with Crippen molar-refractivity contribution in [3.8, 4) is 5.75 Å². The molecule has 94 valence electrons. The molecule has 3 heteroatoms. The van der Waals surface area contributed by atoms with Gasteiger partial charge in [0.15, 0.2) is 0 Å². The van der Waals surface area contributed by atoms with E-state index in [1.807, 2.05) is 18.2 Å². The highest BCUT2D eigenvalue weighted by molar-refractivity contribution is 6.30. The van der Waals surface area contributed by atoms with Gasteiger partial charge in [0.1, 0.15) is 5.75 Å². The molecule has 1 N–H and O–H groups in total. The van der Waals surface area contributed by atoms with Crippen LogP contribution in [-0.4, -0.2) is 12.6 Å². The van der Waals surface area contributed by atoms with Crippen LogP contribution in [0.25, 0.3) is 0 Å². The van der Waals surface area contributed by atoms with Gasteiger partial charge in [-0.25, -0.2) is 0 Å². The van der Waals surface area contributed by atoms with E-state index in [0.29, 0.717) is 5.54 Å². The van der Waals surface area contributed by atoms with Crippen molar-refractivity contribution >= 4 is 11.6 Å². The summed E-state index contributed by atoms with van der Waals surface area (Å²) < 4.78 is 5.35. The number of ether oxygens (including phenoxy) is 1. The van der Waals surface area contributed by atoms with E-state index in [1.165, 1.54) is 25.7 Å². The number of hydrogen-bond donors (Lipinski definition) is 1. The van der Waals surface area contributed by atoms with Gasteiger partial charge in [-0.05, 0) is 43.9 Å². The van der Waals surface area contributed by atoms with Crippen LogP contribution >= 0.6 is 11.6 Å². The predicted octanol–water partition coefficient (Wildman–Crippen LogP) is 3.77. The third-order valence-electron chi connectivity index (χ3n) is 3.88. The fourth-order valence-electron chi connectivity index (χ4n) is 2.43. The molecule has 0 radical (unpaired) electrons. The Bertz CT molecular complexity index is 382. The second-order valence-electron chi connectivity index (χ2n) is 4.80. The lowest BCUT2D eigenvalue weighted by Crippen LogP contribution is -2.49. The van der Waals surface area contributed by atoms with Crippen LogP contribution in [0.15, 0.2) is 18.2 Å². The van der Waals surface area contributed by atoms with E-state index in [4.69, 9.17) is 16.3 Å². The fourth-order valence-corrected chi connectivity index (χ4v) is 2.62. The van der Waals surface area contributed by atoms with Crippen molar-refractivity contribution in [2.75, 3.05) is 7.11 Å². The average molecular weight is 254 g/mol. The molecule has 0 heterocycles. The average Bonchev–Trinajstić information content (AvgIpc) is 2.28. The highest BCUT2D eigenvalue weighted by Crippen LogP contribution is 2.35. The monoisotopic (exact) mass is 253 g/mol. The van der Waals surface area contributed by atoms with Crippen molar-refractivity contribution in [1.82, 2.24) is 5.32 Å². The lowest BCUT2D eigenvalue weighted by atomic mass is 9.75. The van der Waals surface area contributed by atoms with Gasteiger partial charge in [0, 0.05) is 22.7 Å². The van der Waals surface area contributed by atoms with Gasteiger partial charge in [-0.3, -0.25) is 0 Å². The Morgan fingerprint density at radius 1 is 1.41 bits per heavy atom. The quantitative estimate of drug-likeness (QED) is 0.863. The molecule has 1 aromatic rings. The molecule has 1 aromatic carbocycles. The molecular formula is C14H20ClNO. The highest BCUT2D eigenvalue weighted by atomic mass is 35.5. The third-order valence-corrected chi connectivity index (χ3v) is 4.12. The van der Waals surface area contributed by atoms with E-state index in [9.17, 15) is 0 Å². The van der Waals surface area contributed by atoms with E-state index >= 15 is 0 Å². The lowest BCUT2D eigenvalue weighted by molar-refractivity contribution is 0.175. The van der Waals surface area contributed by atoms with Crippen LogP contribution in [0.1, 0.15) is 38.2 Å². The number of halogens is 1. The topological polar surface area (TPSA) is 21.3 Å². The first-order chi connectivity index (χ1) is 8.19. The van der Waals surface area contributed by atoms with Crippen LogP contribution in [0, 0.1) is 0 Å². The summed E-state index contributed by atoms with van der Waals surface area (Å²) in [5, 5.41) is 4.43. The van der Waals surface area contributed by atoms with Gasteiger partial charge < -0.3 is 10.1 Å². The standard InChI is InChI=1S/C14H20ClNO/c1-3-14(7-4-8-14)16-10-11-9-12(15)5-6-13(11)17-2/h5-6,9,16H,3-4,7-8,10H2,1-2H3. The zero-order valence-corrected chi connectivity index (χ0v) is 11.3. The van der Waals surface area contributed by atoms with E-state index in [2.05, 4.69) is 12.2 Å². The molecule has 0 aliphatic heterocycles.